The van der Waals surface area contributed by atoms with Gasteiger partial charge in [0, 0.05) is 35.1 Å². The van der Waals surface area contributed by atoms with Gasteiger partial charge in [0.2, 0.25) is 0 Å². The Morgan fingerprint density at radius 3 is 2.95 bits per heavy atom. The fraction of sp³-hybridized carbons (Fsp3) is 0.471. The van der Waals surface area contributed by atoms with Crippen molar-refractivity contribution in [2.75, 3.05) is 6.54 Å². The Morgan fingerprint density at radius 1 is 1.24 bits per heavy atom. The topological polar surface area (TPSA) is 29.9 Å². The smallest absolute Gasteiger partial charge is 0.0945 e. The number of nitrogens with one attached hydrogen (secondary N) is 1. The predicted octanol–water partition coefficient (Wildman–Crippen LogP) is 3.58. The van der Waals surface area contributed by atoms with Crippen LogP contribution in [0.1, 0.15) is 25.7 Å². The van der Waals surface area contributed by atoms with Crippen LogP contribution in [0.3, 0.4) is 0 Å². The van der Waals surface area contributed by atoms with Crippen molar-refractivity contribution < 1.29 is 0 Å². The van der Waals surface area contributed by atoms with Gasteiger partial charge in [-0.25, -0.2) is 4.98 Å². The second-order valence-corrected chi connectivity index (χ2v) is 6.93. The molecule has 0 amide bonds. The zero-order valence-electron chi connectivity index (χ0n) is 12.3. The highest BCUT2D eigenvalue weighted by Crippen LogP contribution is 2.34. The molecule has 0 saturated heterocycles. The van der Waals surface area contributed by atoms with Gasteiger partial charge in [-0.2, -0.15) is 0 Å². The molecule has 21 heavy (non-hydrogen) atoms. The van der Waals surface area contributed by atoms with Crippen LogP contribution >= 0.6 is 11.8 Å². The van der Waals surface area contributed by atoms with Gasteiger partial charge in [0.25, 0.3) is 0 Å². The van der Waals surface area contributed by atoms with Gasteiger partial charge in [0.15, 0.2) is 0 Å². The highest BCUT2D eigenvalue weighted by atomic mass is 32.2. The van der Waals surface area contributed by atoms with Crippen molar-refractivity contribution in [3.63, 3.8) is 0 Å². The van der Waals surface area contributed by atoms with Gasteiger partial charge in [-0.05, 0) is 37.9 Å². The average molecular weight is 301 g/mol. The summed E-state index contributed by atoms with van der Waals surface area (Å²) in [6.45, 7) is 2.14. The minimum atomic E-state index is 0.665. The fourth-order valence-electron chi connectivity index (χ4n) is 2.94. The maximum absolute atomic E-state index is 4.08. The quantitative estimate of drug-likeness (QED) is 0.793. The zero-order chi connectivity index (χ0) is 14.3. The third-order valence-electron chi connectivity index (χ3n) is 4.04. The van der Waals surface area contributed by atoms with E-state index in [2.05, 4.69) is 45.2 Å². The van der Waals surface area contributed by atoms with E-state index in [0.29, 0.717) is 6.04 Å². The maximum Gasteiger partial charge on any atom is 0.0945 e. The number of thioether (sulfide) groups is 1. The van der Waals surface area contributed by atoms with E-state index in [0.717, 1.165) is 24.8 Å². The SMILES string of the molecule is c1ccc(SC2CCCC2NCCCn2ccnc2)cc1. The summed E-state index contributed by atoms with van der Waals surface area (Å²) < 4.78 is 2.15. The Labute approximate surface area is 131 Å². The van der Waals surface area contributed by atoms with Crippen LogP contribution in [-0.4, -0.2) is 27.4 Å². The first-order chi connectivity index (χ1) is 10.4. The van der Waals surface area contributed by atoms with Gasteiger partial charge < -0.3 is 9.88 Å². The fourth-order valence-corrected chi connectivity index (χ4v) is 4.29. The van der Waals surface area contributed by atoms with Crippen LogP contribution in [0, 0.1) is 0 Å². The molecule has 3 nitrogen and oxygen atoms in total. The van der Waals surface area contributed by atoms with Gasteiger partial charge in [-0.3, -0.25) is 0 Å². The largest absolute Gasteiger partial charge is 0.337 e. The monoisotopic (exact) mass is 301 g/mol. The molecule has 0 spiro atoms. The van der Waals surface area contributed by atoms with Gasteiger partial charge >= 0.3 is 0 Å². The standard InChI is InChI=1S/C17H23N3S/c1-2-6-15(7-3-1)21-17-9-4-8-16(17)19-10-5-12-20-13-11-18-14-20/h1-3,6-7,11,13-14,16-17,19H,4-5,8-10,12H2. The zero-order valence-corrected chi connectivity index (χ0v) is 13.1. The predicted molar refractivity (Wildman–Crippen MR) is 88.6 cm³/mol. The molecule has 0 radical (unpaired) electrons. The van der Waals surface area contributed by atoms with Crippen molar-refractivity contribution in [1.82, 2.24) is 14.9 Å². The average Bonchev–Trinajstić information content (AvgIpc) is 3.17. The van der Waals surface area contributed by atoms with Crippen LogP contribution in [0.5, 0.6) is 0 Å². The van der Waals surface area contributed by atoms with Crippen LogP contribution in [0.25, 0.3) is 0 Å². The minimum absolute atomic E-state index is 0.665. The molecule has 2 aromatic rings. The molecule has 3 rings (SSSR count). The molecular formula is C17H23N3S. The first kappa shape index (κ1) is 14.7. The highest BCUT2D eigenvalue weighted by Gasteiger charge is 2.27. The molecule has 1 aliphatic carbocycles. The Balaban J connectivity index is 1.42. The van der Waals surface area contributed by atoms with Crippen molar-refractivity contribution in [3.05, 3.63) is 49.1 Å². The molecular weight excluding hydrogens is 278 g/mol. The minimum Gasteiger partial charge on any atom is -0.337 e. The second-order valence-electron chi connectivity index (χ2n) is 5.61. The first-order valence-electron chi connectivity index (χ1n) is 7.82. The number of aryl methyl sites for hydroxylation is 1. The second kappa shape index (κ2) is 7.66. The number of rotatable bonds is 7. The lowest BCUT2D eigenvalue weighted by atomic mass is 10.2. The Hall–Kier alpha value is -1.26. The number of hydrogen-bond donors (Lipinski definition) is 1. The molecule has 1 N–H and O–H groups in total. The molecule has 1 aromatic carbocycles. The van der Waals surface area contributed by atoms with Crippen LogP contribution in [0.15, 0.2) is 53.9 Å². The Bertz CT molecular complexity index is 512. The lowest BCUT2D eigenvalue weighted by Crippen LogP contribution is -2.35. The highest BCUT2D eigenvalue weighted by molar-refractivity contribution is 8.00. The van der Waals surface area contributed by atoms with E-state index >= 15 is 0 Å². The van der Waals surface area contributed by atoms with Gasteiger partial charge in [0.1, 0.15) is 0 Å². The number of hydrogen-bond acceptors (Lipinski definition) is 3. The molecule has 112 valence electrons. The van der Waals surface area contributed by atoms with Crippen LogP contribution < -0.4 is 5.32 Å². The summed E-state index contributed by atoms with van der Waals surface area (Å²) >= 11 is 2.04. The van der Waals surface area contributed by atoms with E-state index in [1.807, 2.05) is 30.5 Å². The van der Waals surface area contributed by atoms with E-state index in [1.165, 1.54) is 24.2 Å². The van der Waals surface area contributed by atoms with Crippen molar-refractivity contribution in [3.8, 4) is 0 Å². The van der Waals surface area contributed by atoms with Gasteiger partial charge in [-0.1, -0.05) is 24.6 Å². The summed E-state index contributed by atoms with van der Waals surface area (Å²) in [7, 11) is 0. The molecule has 0 bridgehead atoms. The number of benzene rings is 1. The van der Waals surface area contributed by atoms with Crippen molar-refractivity contribution in [2.45, 2.75) is 48.4 Å². The molecule has 4 heteroatoms. The van der Waals surface area contributed by atoms with Gasteiger partial charge in [0.05, 0.1) is 6.33 Å². The van der Waals surface area contributed by atoms with Crippen LogP contribution in [0.4, 0.5) is 0 Å². The maximum atomic E-state index is 4.08. The summed E-state index contributed by atoms with van der Waals surface area (Å²) in [5.74, 6) is 0. The molecule has 0 aliphatic heterocycles. The van der Waals surface area contributed by atoms with Crippen LogP contribution in [0.2, 0.25) is 0 Å². The van der Waals surface area contributed by atoms with E-state index in [4.69, 9.17) is 0 Å². The normalized spacial score (nSPS) is 21.7. The van der Waals surface area contributed by atoms with E-state index in [9.17, 15) is 0 Å². The molecule has 1 aliphatic rings. The lowest BCUT2D eigenvalue weighted by Gasteiger charge is -2.20. The molecule has 1 heterocycles. The number of nitrogens with zero attached hydrogens (tertiary/aromatic N) is 2. The molecule has 1 saturated carbocycles. The van der Waals surface area contributed by atoms with Crippen molar-refractivity contribution in [1.29, 1.82) is 0 Å². The van der Waals surface area contributed by atoms with E-state index in [1.54, 1.807) is 0 Å². The molecule has 2 atom stereocenters. The summed E-state index contributed by atoms with van der Waals surface area (Å²) in [5, 5.41) is 4.48. The number of aromatic nitrogens is 2. The molecule has 2 unspecified atom stereocenters. The van der Waals surface area contributed by atoms with Crippen LogP contribution in [-0.2, 0) is 6.54 Å². The third kappa shape index (κ3) is 4.35. The van der Waals surface area contributed by atoms with E-state index < -0.39 is 0 Å². The molecule has 1 aromatic heterocycles. The van der Waals surface area contributed by atoms with Crippen molar-refractivity contribution >= 4 is 11.8 Å². The van der Waals surface area contributed by atoms with Gasteiger partial charge in [-0.15, -0.1) is 11.8 Å². The molecule has 1 fully saturated rings. The summed E-state index contributed by atoms with van der Waals surface area (Å²) in [5.41, 5.74) is 0. The van der Waals surface area contributed by atoms with Crippen molar-refractivity contribution in [2.24, 2.45) is 0 Å². The Kier molecular flexibility index (Phi) is 5.35. The van der Waals surface area contributed by atoms with E-state index in [-0.39, 0.29) is 0 Å². The third-order valence-corrected chi connectivity index (χ3v) is 5.45. The lowest BCUT2D eigenvalue weighted by molar-refractivity contribution is 0.501. The first-order valence-corrected chi connectivity index (χ1v) is 8.70. The summed E-state index contributed by atoms with van der Waals surface area (Å²) in [6, 6.07) is 11.5. The number of imidazole rings is 1. The summed E-state index contributed by atoms with van der Waals surface area (Å²) in [6.07, 6.45) is 10.9. The summed E-state index contributed by atoms with van der Waals surface area (Å²) in [4.78, 5) is 5.47. The Morgan fingerprint density at radius 2 is 2.14 bits per heavy atom.